The second-order valence-electron chi connectivity index (χ2n) is 48.9. The van der Waals surface area contributed by atoms with Gasteiger partial charge in [0, 0.05) is 25.8 Å². The number of esters is 5. The molecule has 0 aromatic carbocycles. The third-order valence-electron chi connectivity index (χ3n) is 39.8. The summed E-state index contributed by atoms with van der Waals surface area (Å²) in [6.45, 7) is 34.7. The van der Waals surface area contributed by atoms with Crippen LogP contribution in [0.3, 0.4) is 0 Å². The Morgan fingerprint density at radius 2 is 0.640 bits per heavy atom. The first-order chi connectivity index (χ1) is 66.3. The van der Waals surface area contributed by atoms with E-state index in [4.69, 9.17) is 37.9 Å². The number of nitrogens with zero attached hydrogens (tertiary/aromatic N) is 3. The Morgan fingerprint density at radius 1 is 0.353 bits per heavy atom. The minimum Gasteiger partial charge on any atom is -0.481 e. The normalized spacial score (nSPS) is 35.4. The van der Waals surface area contributed by atoms with E-state index in [0.29, 0.717) is 102 Å². The fourth-order valence-corrected chi connectivity index (χ4v) is 32.0. The van der Waals surface area contributed by atoms with E-state index >= 15 is 0 Å². The Kier molecular flexibility index (Phi) is 34.4. The monoisotopic (exact) mass is 1920 g/mol. The van der Waals surface area contributed by atoms with Crippen molar-refractivity contribution in [1.82, 2.24) is 14.7 Å². The zero-order chi connectivity index (χ0) is 99.2. The maximum atomic E-state index is 14.7. The molecule has 27 atom stereocenters. The van der Waals surface area contributed by atoms with Gasteiger partial charge in [-0.25, -0.2) is 28.8 Å². The van der Waals surface area contributed by atoms with Gasteiger partial charge in [0.1, 0.15) is 51.3 Å². The lowest BCUT2D eigenvalue weighted by Crippen LogP contribution is -2.51. The molecule has 770 valence electrons. The fourth-order valence-electron chi connectivity index (χ4n) is 32.0. The summed E-state index contributed by atoms with van der Waals surface area (Å²) in [4.78, 5) is 128. The van der Waals surface area contributed by atoms with E-state index in [-0.39, 0.29) is 118 Å². The molecule has 15 rings (SSSR count). The van der Waals surface area contributed by atoms with Crippen molar-refractivity contribution in [3.8, 4) is 0 Å². The van der Waals surface area contributed by atoms with E-state index in [0.717, 1.165) is 98.2 Å². The predicted octanol–water partition coefficient (Wildman–Crippen LogP) is 23.7. The van der Waals surface area contributed by atoms with Crippen molar-refractivity contribution in [3.05, 3.63) is 106 Å². The Labute approximate surface area is 831 Å². The lowest BCUT2D eigenvalue weighted by Gasteiger charge is -2.58. The summed E-state index contributed by atoms with van der Waals surface area (Å²) in [6, 6.07) is 0. The quantitative estimate of drug-likeness (QED) is 0.0327. The Morgan fingerprint density at radius 3 is 0.928 bits per heavy atom. The van der Waals surface area contributed by atoms with Crippen LogP contribution >= 0.6 is 0 Å². The highest BCUT2D eigenvalue weighted by molar-refractivity contribution is 5.96. The molecule has 0 radical (unpaired) electrons. The first-order valence-corrected chi connectivity index (χ1v) is 55.2. The average molecular weight is 1930 g/mol. The molecule has 0 bridgehead atoms. The Hall–Kier alpha value is -7.75. The van der Waals surface area contributed by atoms with Crippen LogP contribution in [0.25, 0.3) is 0 Å². The molecule has 0 heterocycles. The second kappa shape index (κ2) is 45.3. The molecule has 0 aromatic rings. The van der Waals surface area contributed by atoms with Gasteiger partial charge in [0.2, 0.25) is 0 Å². The van der Waals surface area contributed by atoms with Crippen LogP contribution in [0.4, 0.5) is 14.4 Å². The smallest absolute Gasteiger partial charge is 0.410 e. The number of ether oxygens (including phenoxy) is 8. The number of fused-ring (bicyclic) bond motifs is 15. The highest BCUT2D eigenvalue weighted by Crippen LogP contribution is 2.72. The molecule has 15 aliphatic rings. The summed E-state index contributed by atoms with van der Waals surface area (Å²) in [6.07, 6.45) is 54.6. The molecule has 3 amide bonds. The number of allylic oxidation sites excluding steroid dienone is 3. The first-order valence-electron chi connectivity index (χ1n) is 55.2. The molecular weight excluding hydrogens is 1750 g/mol. The van der Waals surface area contributed by atoms with E-state index in [1.165, 1.54) is 221 Å². The number of carbonyl (C=O) groups is 9. The number of carbonyl (C=O) groups excluding carboxylic acids is 8. The number of amides is 3. The lowest BCUT2D eigenvalue weighted by atomic mass is 9.47. The maximum Gasteiger partial charge on any atom is 0.410 e. The SMILES string of the molecule is CC(C)CCC[C@@H](C)[C@H]1CC[C@H]2[C@@H]3CC=C4C[C@@H](OC(=O)N(CCO)CCOC(=O)C5=CC(C(=O)OCCN(CCOC(=O)C6=CC(C(=O)OCCN(CCOC(=O)C7=CC(C(=O)O)C=C7)C(=O)O[C@H]7CC[C@@]8(C)C(=CC[C@H]9[C@@H]%10CC[C@H]([C@H](C)CCCC(C)C)[C@@]%10(C)CC[C@@H]98)C7)C=C6)C(=O)O[C@H]6CC[C@@]7(C)C(=CC[C@H]8[C@@H]9CC[C@H]([C@H](C)CCCC(C)C)[C@@]9(C)CC[C@@H]87)C6)C=C5)CC[C@]4(C)[C@H]3CC[C@]12C. The summed E-state index contributed by atoms with van der Waals surface area (Å²) < 4.78 is 47.8. The molecule has 15 aliphatic carbocycles. The number of aliphatic carboxylic acids is 1. The summed E-state index contributed by atoms with van der Waals surface area (Å²) in [5.41, 5.74) is 5.62. The Balaban J connectivity index is 0.540. The molecule has 9 fully saturated rings. The predicted molar refractivity (Wildman–Crippen MR) is 536 cm³/mol. The van der Waals surface area contributed by atoms with Crippen molar-refractivity contribution in [1.29, 1.82) is 0 Å². The van der Waals surface area contributed by atoms with Crippen LogP contribution in [-0.2, 0) is 66.7 Å². The number of aliphatic hydroxyl groups is 1. The van der Waals surface area contributed by atoms with Gasteiger partial charge in [-0.05, 0) is 274 Å². The molecule has 139 heavy (non-hydrogen) atoms. The standard InChI is InChI=1S/C117H173N3O19/c1-73(2)19-16-22-76(7)94-37-40-97-91-34-31-85-70-88(43-49-112(85,10)100(91)46-52-115(94,97)13)137-109(129)118(55-61-121)56-62-132-105(125)81-27-28-82(68-81)106(126)135-65-59-120(111(131)139-90-45-51-114(12)87(72-90)33-36-93-99-42-39-96(78(9)24-18-21-75(5)6)117(99,15)54-48-102(93)114)60-66-136-108(128)84-30-29-83(69-84)107(127)134-64-58-119(57-63-133-104(124)80-26-25-79(67-80)103(122)123)110(130)138-89-44-50-113(11)86(71-89)32-35-92-98-41-38-95(77(8)23-17-20-74(3)4)116(98,14)53-47-101(92)113/h25-33,67-69,73-79,82-83,88-102,121H,16-24,34-66,70-72H2,1-15H3,(H,122,123)/t76-,77-,78-,79?,82?,83?,88+,89+,90+,91+,92+,93+,94-,95-,96-,97+,98+,99+,100+,101+,102+,112+,113+,114+,115-,116-,117-/m1/s1. The van der Waals surface area contributed by atoms with Crippen LogP contribution < -0.4 is 0 Å². The summed E-state index contributed by atoms with van der Waals surface area (Å²) in [5, 5.41) is 19.7. The third-order valence-corrected chi connectivity index (χ3v) is 39.8. The molecule has 2 N–H and O–H groups in total. The number of hydrogen-bond acceptors (Lipinski definition) is 18. The van der Waals surface area contributed by atoms with Gasteiger partial charge in [-0.3, -0.25) is 14.4 Å². The van der Waals surface area contributed by atoms with Crippen molar-refractivity contribution in [2.45, 2.75) is 334 Å². The number of rotatable bonds is 41. The third kappa shape index (κ3) is 23.1. The second-order valence-corrected chi connectivity index (χ2v) is 48.9. The van der Waals surface area contributed by atoms with E-state index in [9.17, 15) is 53.4 Å². The molecule has 22 heteroatoms. The van der Waals surface area contributed by atoms with Gasteiger partial charge >= 0.3 is 54.1 Å². The zero-order valence-corrected chi connectivity index (χ0v) is 87.3. The van der Waals surface area contributed by atoms with Gasteiger partial charge in [-0.15, -0.1) is 0 Å². The van der Waals surface area contributed by atoms with Gasteiger partial charge in [0.05, 0.1) is 73.8 Å². The largest absolute Gasteiger partial charge is 0.481 e. The summed E-state index contributed by atoms with van der Waals surface area (Å²) in [5.74, 6) is 4.96. The van der Waals surface area contributed by atoms with Gasteiger partial charge in [0.15, 0.2) is 0 Å². The van der Waals surface area contributed by atoms with Crippen LogP contribution in [0.1, 0.15) is 316 Å². The Bertz CT molecular complexity index is 4700. The maximum absolute atomic E-state index is 14.7. The van der Waals surface area contributed by atoms with Crippen molar-refractivity contribution < 1.29 is 91.3 Å². The molecule has 0 aliphatic heterocycles. The van der Waals surface area contributed by atoms with Gasteiger partial charge < -0.3 is 62.8 Å². The van der Waals surface area contributed by atoms with Crippen LogP contribution in [-0.4, -0.2) is 176 Å². The highest BCUT2D eigenvalue weighted by Gasteiger charge is 2.64. The van der Waals surface area contributed by atoms with Crippen LogP contribution in [0.15, 0.2) is 106 Å². The van der Waals surface area contributed by atoms with Crippen molar-refractivity contribution >= 4 is 54.1 Å². The molecule has 3 unspecified atom stereocenters. The van der Waals surface area contributed by atoms with Crippen LogP contribution in [0.5, 0.6) is 0 Å². The topological polar surface area (TPSA) is 278 Å². The van der Waals surface area contributed by atoms with Gasteiger partial charge in [-0.2, -0.15) is 0 Å². The van der Waals surface area contributed by atoms with E-state index < -0.39 is 84.1 Å². The van der Waals surface area contributed by atoms with Crippen molar-refractivity contribution in [3.63, 3.8) is 0 Å². The molecule has 9 saturated carbocycles. The molecular formula is C117H173N3O19. The van der Waals surface area contributed by atoms with Crippen LogP contribution in [0.2, 0.25) is 0 Å². The zero-order valence-electron chi connectivity index (χ0n) is 87.3. The van der Waals surface area contributed by atoms with Crippen molar-refractivity contribution in [2.75, 3.05) is 78.9 Å². The van der Waals surface area contributed by atoms with Gasteiger partial charge in [0.25, 0.3) is 0 Å². The molecule has 22 nitrogen and oxygen atoms in total. The van der Waals surface area contributed by atoms with E-state index in [2.05, 4.69) is 122 Å². The lowest BCUT2D eigenvalue weighted by molar-refractivity contribution is -0.146. The number of aliphatic hydroxyl groups excluding tert-OH is 1. The first kappa shape index (κ1) is 106. The minimum absolute atomic E-state index is 0.00642. The highest BCUT2D eigenvalue weighted by atomic mass is 16.6. The summed E-state index contributed by atoms with van der Waals surface area (Å²) >= 11 is 0. The van der Waals surface area contributed by atoms with E-state index in [1.807, 2.05) is 0 Å². The molecule has 0 saturated heterocycles. The minimum atomic E-state index is -1.10. The fraction of sp³-hybridized carbons (Fsp3) is 0.769. The molecule has 0 aromatic heterocycles. The van der Waals surface area contributed by atoms with E-state index in [1.54, 1.807) is 0 Å². The van der Waals surface area contributed by atoms with Crippen LogP contribution in [0, 0.1) is 157 Å². The number of carboxylic acids is 1. The number of carboxylic acid groups (broad SMARTS) is 1. The summed E-state index contributed by atoms with van der Waals surface area (Å²) in [7, 11) is 0. The number of hydrogen-bond donors (Lipinski definition) is 2. The van der Waals surface area contributed by atoms with Gasteiger partial charge in [-0.1, -0.05) is 251 Å². The van der Waals surface area contributed by atoms with Crippen molar-refractivity contribution in [2.24, 2.45) is 157 Å². The average Bonchev–Trinajstić information content (AvgIpc) is 1.62. The molecule has 0 spiro atoms.